The van der Waals surface area contributed by atoms with Crippen LogP contribution in [0.1, 0.15) is 18.4 Å². The molecule has 132 valence electrons. The Morgan fingerprint density at radius 2 is 1.96 bits per heavy atom. The summed E-state index contributed by atoms with van der Waals surface area (Å²) in [7, 11) is 0.826. The zero-order valence-electron chi connectivity index (χ0n) is 13.1. The zero-order chi connectivity index (χ0) is 17.8. The number of alkyl halides is 3. The molecule has 0 fully saturated rings. The van der Waals surface area contributed by atoms with Gasteiger partial charge in [0.05, 0.1) is 12.7 Å². The zero-order valence-corrected chi connectivity index (χ0v) is 13.1. The van der Waals surface area contributed by atoms with Crippen molar-refractivity contribution in [2.24, 2.45) is 5.92 Å². The highest BCUT2D eigenvalue weighted by molar-refractivity contribution is 5.82. The van der Waals surface area contributed by atoms with Gasteiger partial charge in [-0.1, -0.05) is 42.5 Å². The second-order valence-corrected chi connectivity index (χ2v) is 5.59. The van der Waals surface area contributed by atoms with Gasteiger partial charge < -0.3 is 14.6 Å². The number of methoxy groups -OCH3 is 1. The third kappa shape index (κ3) is 3.47. The maximum absolute atomic E-state index is 13.6. The van der Waals surface area contributed by atoms with Crippen LogP contribution in [-0.2, 0) is 19.9 Å². The van der Waals surface area contributed by atoms with E-state index in [-0.39, 0.29) is 24.5 Å². The van der Waals surface area contributed by atoms with Crippen LogP contribution in [0.25, 0.3) is 0 Å². The van der Waals surface area contributed by atoms with E-state index in [2.05, 4.69) is 4.74 Å². The van der Waals surface area contributed by atoms with E-state index in [1.54, 1.807) is 18.2 Å². The summed E-state index contributed by atoms with van der Waals surface area (Å²) >= 11 is 0. The molecule has 0 heterocycles. The molecule has 0 spiro atoms. The van der Waals surface area contributed by atoms with Crippen LogP contribution < -0.4 is 0 Å². The molecule has 3 atom stereocenters. The second-order valence-electron chi connectivity index (χ2n) is 5.59. The molecule has 0 unspecified atom stereocenters. The molecule has 1 aromatic rings. The van der Waals surface area contributed by atoms with E-state index in [0.29, 0.717) is 6.42 Å². The van der Waals surface area contributed by atoms with Crippen molar-refractivity contribution in [3.63, 3.8) is 0 Å². The van der Waals surface area contributed by atoms with E-state index in [0.717, 1.165) is 7.11 Å². The van der Waals surface area contributed by atoms with Crippen LogP contribution in [-0.4, -0.2) is 37.1 Å². The standard InChI is InChI=1S/C17H19F3O4/c1-23-16(17(18,19)20,13-7-3-2-4-8-13)15(22)24-11-10-12-6-5-9-14(12)21/h2-5,7-9,12,14,21H,6,10-11H2,1H3/t12-,14-,16-/m0/s1. The minimum absolute atomic E-state index is 0.155. The Morgan fingerprint density at radius 3 is 2.46 bits per heavy atom. The molecule has 0 saturated heterocycles. The smallest absolute Gasteiger partial charge is 0.432 e. The molecule has 0 radical (unpaired) electrons. The van der Waals surface area contributed by atoms with E-state index >= 15 is 0 Å². The van der Waals surface area contributed by atoms with E-state index in [1.165, 1.54) is 24.3 Å². The average Bonchev–Trinajstić information content (AvgIpc) is 2.93. The molecule has 2 rings (SSSR count). The van der Waals surface area contributed by atoms with Crippen molar-refractivity contribution in [1.82, 2.24) is 0 Å². The lowest BCUT2D eigenvalue weighted by Crippen LogP contribution is -2.51. The molecule has 0 aliphatic heterocycles. The lowest BCUT2D eigenvalue weighted by molar-refractivity contribution is -0.276. The summed E-state index contributed by atoms with van der Waals surface area (Å²) in [6, 6.07) is 6.66. The number of carbonyl (C=O) groups is 1. The predicted molar refractivity (Wildman–Crippen MR) is 80.0 cm³/mol. The highest BCUT2D eigenvalue weighted by Gasteiger charge is 2.64. The molecule has 1 N–H and O–H groups in total. The summed E-state index contributed by atoms with van der Waals surface area (Å²) in [6.45, 7) is -0.226. The lowest BCUT2D eigenvalue weighted by Gasteiger charge is -2.32. The predicted octanol–water partition coefficient (Wildman–Crippen LogP) is 2.96. The summed E-state index contributed by atoms with van der Waals surface area (Å²) in [4.78, 5) is 12.3. The summed E-state index contributed by atoms with van der Waals surface area (Å²) in [6.07, 6.45) is -1.36. The van der Waals surface area contributed by atoms with Crippen molar-refractivity contribution in [3.8, 4) is 0 Å². The number of benzene rings is 1. The number of allylic oxidation sites excluding steroid dienone is 1. The Labute approximate surface area is 137 Å². The molecule has 0 aromatic heterocycles. The fraction of sp³-hybridized carbons (Fsp3) is 0.471. The number of hydrogen-bond acceptors (Lipinski definition) is 4. The van der Waals surface area contributed by atoms with Crippen LogP contribution in [0, 0.1) is 5.92 Å². The highest BCUT2D eigenvalue weighted by Crippen LogP contribution is 2.43. The first kappa shape index (κ1) is 18.5. The number of ether oxygens (including phenoxy) is 2. The monoisotopic (exact) mass is 344 g/mol. The molecular formula is C17H19F3O4. The Hall–Kier alpha value is -1.86. The summed E-state index contributed by atoms with van der Waals surface area (Å²) in [5.41, 5.74) is -3.51. The topological polar surface area (TPSA) is 55.8 Å². The molecule has 1 aliphatic rings. The van der Waals surface area contributed by atoms with Gasteiger partial charge in [-0.05, 0) is 18.8 Å². The van der Waals surface area contributed by atoms with Crippen LogP contribution in [0.5, 0.6) is 0 Å². The van der Waals surface area contributed by atoms with Crippen LogP contribution in [0.4, 0.5) is 13.2 Å². The van der Waals surface area contributed by atoms with E-state index in [1.807, 2.05) is 0 Å². The van der Waals surface area contributed by atoms with Crippen molar-refractivity contribution < 1.29 is 32.5 Å². The van der Waals surface area contributed by atoms with Crippen LogP contribution in [0.3, 0.4) is 0 Å². The van der Waals surface area contributed by atoms with Crippen LogP contribution in [0.2, 0.25) is 0 Å². The Balaban J connectivity index is 2.13. The van der Waals surface area contributed by atoms with Crippen molar-refractivity contribution in [1.29, 1.82) is 0 Å². The summed E-state index contributed by atoms with van der Waals surface area (Å²) < 4.78 is 50.4. The van der Waals surface area contributed by atoms with Crippen molar-refractivity contribution in [2.45, 2.75) is 30.7 Å². The van der Waals surface area contributed by atoms with E-state index in [4.69, 9.17) is 4.74 Å². The van der Waals surface area contributed by atoms with Gasteiger partial charge in [-0.2, -0.15) is 13.2 Å². The number of esters is 1. The molecule has 0 saturated carbocycles. The lowest BCUT2D eigenvalue weighted by atomic mass is 9.92. The van der Waals surface area contributed by atoms with Crippen molar-refractivity contribution in [3.05, 3.63) is 48.0 Å². The Bertz CT molecular complexity index is 585. The maximum atomic E-state index is 13.6. The fourth-order valence-corrected chi connectivity index (χ4v) is 2.77. The minimum Gasteiger partial charge on any atom is -0.463 e. The number of rotatable bonds is 6. The van der Waals surface area contributed by atoms with E-state index < -0.39 is 23.9 Å². The SMILES string of the molecule is CO[C@](C(=O)OCC[C@@H]1CC=C[C@@H]1O)(c1ccccc1)C(F)(F)F. The maximum Gasteiger partial charge on any atom is 0.432 e. The van der Waals surface area contributed by atoms with Crippen molar-refractivity contribution >= 4 is 5.97 Å². The number of hydrogen-bond donors (Lipinski definition) is 1. The Morgan fingerprint density at radius 1 is 1.29 bits per heavy atom. The summed E-state index contributed by atoms with van der Waals surface area (Å²) in [5.74, 6) is -1.67. The van der Waals surface area contributed by atoms with Gasteiger partial charge >= 0.3 is 12.1 Å². The summed E-state index contributed by atoms with van der Waals surface area (Å²) in [5, 5.41) is 9.64. The molecule has 7 heteroatoms. The van der Waals surface area contributed by atoms with Gasteiger partial charge in [-0.3, -0.25) is 0 Å². The first-order chi connectivity index (χ1) is 11.3. The number of carbonyl (C=O) groups excluding carboxylic acids is 1. The van der Waals surface area contributed by atoms with Gasteiger partial charge in [0, 0.05) is 12.7 Å². The largest absolute Gasteiger partial charge is 0.463 e. The molecule has 4 nitrogen and oxygen atoms in total. The molecule has 1 aliphatic carbocycles. The fourth-order valence-electron chi connectivity index (χ4n) is 2.77. The quantitative estimate of drug-likeness (QED) is 0.637. The third-order valence-electron chi connectivity index (χ3n) is 4.15. The van der Waals surface area contributed by atoms with Gasteiger partial charge in [0.15, 0.2) is 0 Å². The van der Waals surface area contributed by atoms with Gasteiger partial charge in [0.2, 0.25) is 0 Å². The first-order valence-electron chi connectivity index (χ1n) is 7.52. The third-order valence-corrected chi connectivity index (χ3v) is 4.15. The Kier molecular flexibility index (Phi) is 5.66. The average molecular weight is 344 g/mol. The van der Waals surface area contributed by atoms with Crippen LogP contribution >= 0.6 is 0 Å². The highest BCUT2D eigenvalue weighted by atomic mass is 19.4. The van der Waals surface area contributed by atoms with Gasteiger partial charge in [0.1, 0.15) is 0 Å². The molecule has 1 aromatic carbocycles. The number of aliphatic hydroxyl groups is 1. The minimum atomic E-state index is -4.98. The van der Waals surface area contributed by atoms with Crippen LogP contribution in [0.15, 0.2) is 42.5 Å². The molecular weight excluding hydrogens is 325 g/mol. The van der Waals surface area contributed by atoms with E-state index in [9.17, 15) is 23.1 Å². The van der Waals surface area contributed by atoms with Gasteiger partial charge in [-0.15, -0.1) is 0 Å². The van der Waals surface area contributed by atoms with Crippen molar-refractivity contribution in [2.75, 3.05) is 13.7 Å². The molecule has 0 amide bonds. The molecule has 24 heavy (non-hydrogen) atoms. The number of halogens is 3. The molecule has 0 bridgehead atoms. The normalized spacial score (nSPS) is 23.0. The number of aliphatic hydroxyl groups excluding tert-OH is 1. The van der Waals surface area contributed by atoms with Gasteiger partial charge in [-0.25, -0.2) is 4.79 Å². The first-order valence-corrected chi connectivity index (χ1v) is 7.52. The second kappa shape index (κ2) is 7.36. The van der Waals surface area contributed by atoms with Gasteiger partial charge in [0.25, 0.3) is 5.60 Å².